The topological polar surface area (TPSA) is 60.2 Å². The van der Waals surface area contributed by atoms with Crippen molar-refractivity contribution < 1.29 is 9.26 Å². The summed E-state index contributed by atoms with van der Waals surface area (Å²) in [4.78, 5) is 4.37. The fraction of sp³-hybridized carbons (Fsp3) is 0.818. The Morgan fingerprint density at radius 1 is 1.50 bits per heavy atom. The maximum Gasteiger partial charge on any atom is 0.228 e. The summed E-state index contributed by atoms with van der Waals surface area (Å²) in [5, 5.41) is 7.33. The highest BCUT2D eigenvalue weighted by molar-refractivity contribution is 4.91. The first-order chi connectivity index (χ1) is 7.74. The van der Waals surface area contributed by atoms with Crippen LogP contribution in [0.25, 0.3) is 0 Å². The Morgan fingerprint density at radius 2 is 2.38 bits per heavy atom. The van der Waals surface area contributed by atoms with Crippen molar-refractivity contribution in [3.63, 3.8) is 0 Å². The van der Waals surface area contributed by atoms with E-state index in [1.807, 2.05) is 0 Å². The highest BCUT2D eigenvalue weighted by Crippen LogP contribution is 2.07. The summed E-state index contributed by atoms with van der Waals surface area (Å²) in [5.41, 5.74) is 0. The van der Waals surface area contributed by atoms with E-state index < -0.39 is 0 Å². The lowest BCUT2D eigenvalue weighted by Gasteiger charge is -2.22. The maximum absolute atomic E-state index is 5.37. The summed E-state index contributed by atoms with van der Waals surface area (Å²) in [6.45, 7) is 6.71. The van der Waals surface area contributed by atoms with E-state index >= 15 is 0 Å². The van der Waals surface area contributed by atoms with Crippen LogP contribution in [0.4, 0.5) is 0 Å². The van der Waals surface area contributed by atoms with Crippen LogP contribution in [0.3, 0.4) is 0 Å². The van der Waals surface area contributed by atoms with Crippen LogP contribution in [0.15, 0.2) is 4.52 Å². The van der Waals surface area contributed by atoms with Gasteiger partial charge in [0, 0.05) is 25.4 Å². The van der Waals surface area contributed by atoms with E-state index in [0.29, 0.717) is 17.9 Å². The minimum absolute atomic E-state index is 0.307. The van der Waals surface area contributed by atoms with E-state index in [0.717, 1.165) is 38.4 Å². The van der Waals surface area contributed by atoms with E-state index in [1.165, 1.54) is 0 Å². The number of nitrogens with zero attached hydrogens (tertiary/aromatic N) is 2. The zero-order valence-electron chi connectivity index (χ0n) is 9.90. The lowest BCUT2D eigenvalue weighted by atomic mass is 10.1. The molecule has 1 aliphatic heterocycles. The molecule has 0 bridgehead atoms. The van der Waals surface area contributed by atoms with Gasteiger partial charge in [-0.15, -0.1) is 0 Å². The van der Waals surface area contributed by atoms with Crippen molar-refractivity contribution in [1.82, 2.24) is 15.5 Å². The van der Waals surface area contributed by atoms with E-state index in [4.69, 9.17) is 9.26 Å². The molecule has 1 aromatic rings. The molecule has 90 valence electrons. The summed E-state index contributed by atoms with van der Waals surface area (Å²) < 4.78 is 10.6. The molecule has 1 aromatic heterocycles. The predicted molar refractivity (Wildman–Crippen MR) is 59.2 cm³/mol. The molecule has 0 saturated carbocycles. The zero-order chi connectivity index (χ0) is 11.4. The molecule has 1 atom stereocenters. The molecule has 5 nitrogen and oxygen atoms in total. The van der Waals surface area contributed by atoms with Gasteiger partial charge in [0.1, 0.15) is 0 Å². The number of nitrogens with one attached hydrogen (secondary N) is 1. The molecule has 1 unspecified atom stereocenters. The third kappa shape index (κ3) is 3.28. The van der Waals surface area contributed by atoms with Crippen molar-refractivity contribution in [2.75, 3.05) is 19.8 Å². The van der Waals surface area contributed by atoms with Gasteiger partial charge in [0.25, 0.3) is 0 Å². The van der Waals surface area contributed by atoms with E-state index in [2.05, 4.69) is 29.3 Å². The third-order valence-corrected chi connectivity index (χ3v) is 2.52. The summed E-state index contributed by atoms with van der Waals surface area (Å²) >= 11 is 0. The highest BCUT2D eigenvalue weighted by Gasteiger charge is 2.17. The quantitative estimate of drug-likeness (QED) is 0.821. The Balaban J connectivity index is 1.86. The SMILES string of the molecule is CC(C)Cc1noc(CC2COCCN2)n1. The predicted octanol–water partition coefficient (Wildman–Crippen LogP) is 0.799. The van der Waals surface area contributed by atoms with Crippen LogP contribution in [0, 0.1) is 5.92 Å². The van der Waals surface area contributed by atoms with Crippen molar-refractivity contribution in [3.05, 3.63) is 11.7 Å². The van der Waals surface area contributed by atoms with Crippen LogP contribution in [-0.2, 0) is 17.6 Å². The zero-order valence-corrected chi connectivity index (χ0v) is 9.90. The van der Waals surface area contributed by atoms with Gasteiger partial charge in [-0.1, -0.05) is 19.0 Å². The number of aromatic nitrogens is 2. The average Bonchev–Trinajstić information content (AvgIpc) is 2.66. The number of hydrogen-bond acceptors (Lipinski definition) is 5. The van der Waals surface area contributed by atoms with Gasteiger partial charge in [-0.25, -0.2) is 0 Å². The lowest BCUT2D eigenvalue weighted by Crippen LogP contribution is -2.42. The molecule has 0 aromatic carbocycles. The van der Waals surface area contributed by atoms with Crippen molar-refractivity contribution in [1.29, 1.82) is 0 Å². The Labute approximate surface area is 95.6 Å². The minimum atomic E-state index is 0.307. The molecule has 0 radical (unpaired) electrons. The molecule has 0 amide bonds. The van der Waals surface area contributed by atoms with Gasteiger partial charge in [0.15, 0.2) is 5.82 Å². The maximum atomic E-state index is 5.37. The van der Waals surface area contributed by atoms with Gasteiger partial charge >= 0.3 is 0 Å². The second-order valence-electron chi connectivity index (χ2n) is 4.63. The van der Waals surface area contributed by atoms with E-state index in [1.54, 1.807) is 0 Å². The smallest absolute Gasteiger partial charge is 0.228 e. The van der Waals surface area contributed by atoms with Crippen LogP contribution in [0.2, 0.25) is 0 Å². The number of hydrogen-bond donors (Lipinski definition) is 1. The van der Waals surface area contributed by atoms with Crippen LogP contribution >= 0.6 is 0 Å². The Bertz CT molecular complexity index is 319. The van der Waals surface area contributed by atoms with Gasteiger partial charge in [-0.05, 0) is 5.92 Å². The fourth-order valence-electron chi connectivity index (χ4n) is 1.78. The molecular weight excluding hydrogens is 206 g/mol. The van der Waals surface area contributed by atoms with Gasteiger partial charge in [0.05, 0.1) is 13.2 Å². The molecule has 0 spiro atoms. The van der Waals surface area contributed by atoms with E-state index in [9.17, 15) is 0 Å². The average molecular weight is 225 g/mol. The number of rotatable bonds is 4. The summed E-state index contributed by atoms with van der Waals surface area (Å²) in [6.07, 6.45) is 1.63. The van der Waals surface area contributed by atoms with Gasteiger partial charge in [0.2, 0.25) is 5.89 Å². The molecule has 1 saturated heterocycles. The number of ether oxygens (including phenoxy) is 1. The van der Waals surface area contributed by atoms with Gasteiger partial charge in [-0.2, -0.15) is 4.98 Å². The molecule has 1 N–H and O–H groups in total. The fourth-order valence-corrected chi connectivity index (χ4v) is 1.78. The van der Waals surface area contributed by atoms with Crippen LogP contribution in [0.5, 0.6) is 0 Å². The first-order valence-electron chi connectivity index (χ1n) is 5.86. The first kappa shape index (κ1) is 11.5. The minimum Gasteiger partial charge on any atom is -0.378 e. The Morgan fingerprint density at radius 3 is 3.06 bits per heavy atom. The molecule has 1 fully saturated rings. The summed E-state index contributed by atoms with van der Waals surface area (Å²) in [6, 6.07) is 0.307. The molecule has 1 aliphatic rings. The van der Waals surface area contributed by atoms with Gasteiger partial charge < -0.3 is 14.6 Å². The second-order valence-corrected chi connectivity index (χ2v) is 4.63. The molecule has 5 heteroatoms. The lowest BCUT2D eigenvalue weighted by molar-refractivity contribution is 0.0744. The highest BCUT2D eigenvalue weighted by atomic mass is 16.5. The summed E-state index contributed by atoms with van der Waals surface area (Å²) in [7, 11) is 0. The standard InChI is InChI=1S/C11H19N3O2/c1-8(2)5-10-13-11(16-14-10)6-9-7-15-4-3-12-9/h8-9,12H,3-7H2,1-2H3. The second kappa shape index (κ2) is 5.41. The van der Waals surface area contributed by atoms with Crippen molar-refractivity contribution in [3.8, 4) is 0 Å². The Kier molecular flexibility index (Phi) is 3.90. The normalized spacial score (nSPS) is 21.6. The largest absolute Gasteiger partial charge is 0.378 e. The van der Waals surface area contributed by atoms with Crippen LogP contribution < -0.4 is 5.32 Å². The first-order valence-corrected chi connectivity index (χ1v) is 5.86. The van der Waals surface area contributed by atoms with Gasteiger partial charge in [-0.3, -0.25) is 0 Å². The van der Waals surface area contributed by atoms with Crippen LogP contribution in [-0.4, -0.2) is 35.9 Å². The molecule has 16 heavy (non-hydrogen) atoms. The number of morpholine rings is 1. The van der Waals surface area contributed by atoms with Crippen molar-refractivity contribution >= 4 is 0 Å². The molecule has 0 aliphatic carbocycles. The molecule has 2 rings (SSSR count). The molecular formula is C11H19N3O2. The van der Waals surface area contributed by atoms with Crippen molar-refractivity contribution in [2.45, 2.75) is 32.7 Å². The third-order valence-electron chi connectivity index (χ3n) is 2.52. The Hall–Kier alpha value is -0.940. The van der Waals surface area contributed by atoms with E-state index in [-0.39, 0.29) is 0 Å². The molecule has 2 heterocycles. The summed E-state index contributed by atoms with van der Waals surface area (Å²) in [5.74, 6) is 2.07. The monoisotopic (exact) mass is 225 g/mol. The van der Waals surface area contributed by atoms with Crippen LogP contribution in [0.1, 0.15) is 25.6 Å². The van der Waals surface area contributed by atoms with Crippen molar-refractivity contribution in [2.24, 2.45) is 5.92 Å².